The van der Waals surface area contributed by atoms with E-state index in [2.05, 4.69) is 45.9 Å². The highest BCUT2D eigenvalue weighted by atomic mass is 16.7. The van der Waals surface area contributed by atoms with Gasteiger partial charge < -0.3 is 9.47 Å². The van der Waals surface area contributed by atoms with E-state index in [-0.39, 0.29) is 23.0 Å². The summed E-state index contributed by atoms with van der Waals surface area (Å²) in [6, 6.07) is -0.158. The molecule has 0 amide bonds. The Morgan fingerprint density at radius 2 is 1.72 bits per heavy atom. The van der Waals surface area contributed by atoms with Crippen molar-refractivity contribution in [3.63, 3.8) is 0 Å². The molecule has 0 aromatic heterocycles. The Morgan fingerprint density at radius 1 is 1.03 bits per heavy atom. The van der Waals surface area contributed by atoms with Crippen molar-refractivity contribution < 1.29 is 14.3 Å². The zero-order valence-electron chi connectivity index (χ0n) is 26.8. The number of carbonyl (C=O) groups is 1. The molecule has 5 heteroatoms. The fourth-order valence-electron chi connectivity index (χ4n) is 9.22. The molecule has 9 atom stereocenters. The van der Waals surface area contributed by atoms with Crippen LogP contribution in [0.15, 0.2) is 16.8 Å². The number of nitrogens with zero attached hydrogens (tertiary/aromatic N) is 1. The van der Waals surface area contributed by atoms with Crippen molar-refractivity contribution >= 4 is 6.16 Å². The zero-order chi connectivity index (χ0) is 29.2. The maximum absolute atomic E-state index is 12.9. The third-order valence-corrected chi connectivity index (χ3v) is 11.1. The van der Waals surface area contributed by atoms with Crippen molar-refractivity contribution in [1.82, 2.24) is 0 Å². The van der Waals surface area contributed by atoms with Crippen LogP contribution < -0.4 is 0 Å². The molecule has 0 aromatic carbocycles. The summed E-state index contributed by atoms with van der Waals surface area (Å²) in [4.78, 5) is 24.4. The van der Waals surface area contributed by atoms with Gasteiger partial charge in [-0.25, -0.2) is 4.79 Å². The fourth-order valence-corrected chi connectivity index (χ4v) is 9.22. The molecule has 4 aliphatic carbocycles. The van der Waals surface area contributed by atoms with Crippen LogP contribution in [0.5, 0.6) is 0 Å². The van der Waals surface area contributed by atoms with Crippen LogP contribution in [0.4, 0.5) is 4.79 Å². The maximum Gasteiger partial charge on any atom is 0.509 e. The fraction of sp³-hybridized carbons (Fsp3) is 0.912. The number of carbonyl (C=O) groups excluding carboxylic acids is 1. The van der Waals surface area contributed by atoms with Crippen molar-refractivity contribution in [1.29, 1.82) is 0 Å². The van der Waals surface area contributed by atoms with Gasteiger partial charge in [-0.05, 0) is 112 Å². The molecule has 5 nitrogen and oxygen atoms in total. The molecule has 4 rings (SSSR count). The molecule has 0 saturated heterocycles. The summed E-state index contributed by atoms with van der Waals surface area (Å²) in [5.41, 5.74) is 1.06. The number of rotatable bonds is 7. The molecule has 224 valence electrons. The van der Waals surface area contributed by atoms with Gasteiger partial charge in [-0.15, -0.1) is 0 Å². The van der Waals surface area contributed by atoms with Crippen LogP contribution >= 0.6 is 0 Å². The number of nitroso groups, excluding NO2 is 1. The Morgan fingerprint density at radius 3 is 2.33 bits per heavy atom. The van der Waals surface area contributed by atoms with Gasteiger partial charge in [-0.3, -0.25) is 0 Å². The maximum atomic E-state index is 12.9. The summed E-state index contributed by atoms with van der Waals surface area (Å²) in [5, 5.41) is 3.41. The molecule has 0 spiro atoms. The van der Waals surface area contributed by atoms with Crippen LogP contribution in [-0.2, 0) is 9.47 Å². The van der Waals surface area contributed by atoms with E-state index < -0.39 is 11.8 Å². The first-order chi connectivity index (χ1) is 18.3. The summed E-state index contributed by atoms with van der Waals surface area (Å²) in [7, 11) is 0. The van der Waals surface area contributed by atoms with E-state index in [0.717, 1.165) is 30.6 Å². The van der Waals surface area contributed by atoms with Gasteiger partial charge in [-0.2, -0.15) is 4.91 Å². The summed E-state index contributed by atoms with van der Waals surface area (Å²) in [6.07, 6.45) is 12.9. The molecule has 4 aliphatic rings. The third kappa shape index (κ3) is 6.75. The van der Waals surface area contributed by atoms with Crippen molar-refractivity contribution in [2.75, 3.05) is 0 Å². The first-order valence-electron chi connectivity index (χ1n) is 16.2. The summed E-state index contributed by atoms with van der Waals surface area (Å²) < 4.78 is 11.8. The molecule has 0 aliphatic heterocycles. The van der Waals surface area contributed by atoms with Gasteiger partial charge in [0.2, 0.25) is 0 Å². The Hall–Kier alpha value is -1.39. The molecule has 39 heavy (non-hydrogen) atoms. The molecule has 0 bridgehead atoms. The van der Waals surface area contributed by atoms with Crippen molar-refractivity contribution in [2.24, 2.45) is 51.5 Å². The molecule has 0 heterocycles. The lowest BCUT2D eigenvalue weighted by atomic mass is 9.46. The predicted octanol–water partition coefficient (Wildman–Crippen LogP) is 10.1. The normalized spacial score (nSPS) is 38.3. The van der Waals surface area contributed by atoms with E-state index in [1.807, 2.05) is 34.6 Å². The molecule has 9 unspecified atom stereocenters. The van der Waals surface area contributed by atoms with E-state index in [4.69, 9.17) is 9.47 Å². The first kappa shape index (κ1) is 32.1. The van der Waals surface area contributed by atoms with Crippen LogP contribution in [0.2, 0.25) is 0 Å². The lowest BCUT2D eigenvalue weighted by Gasteiger charge is -2.59. The number of hydrogen-bond acceptors (Lipinski definition) is 5. The van der Waals surface area contributed by atoms with Gasteiger partial charge in [0.15, 0.2) is 0 Å². The van der Waals surface area contributed by atoms with Crippen LogP contribution in [0, 0.1) is 51.2 Å². The number of ether oxygens (including phenoxy) is 2. The van der Waals surface area contributed by atoms with E-state index in [1.165, 1.54) is 50.5 Å². The van der Waals surface area contributed by atoms with Gasteiger partial charge in [0, 0.05) is 5.92 Å². The second-order valence-electron chi connectivity index (χ2n) is 15.0. The Labute approximate surface area is 239 Å². The Balaban J connectivity index is 0.00000205. The molecule has 3 fully saturated rings. The smallest absolute Gasteiger partial charge is 0.429 e. The second-order valence-corrected chi connectivity index (χ2v) is 15.0. The van der Waals surface area contributed by atoms with E-state index in [0.29, 0.717) is 24.2 Å². The standard InChI is InChI=1S/C32H53NO4.C2H6/c1-20(2)10-9-11-21(3)24-12-13-25-28-26(15-17-32(24,25)8)31(7)16-14-23(33-35)18-22(31)19-27(28)36-29(34)37-30(4,5)6;1-2/h19-21,23-28H,9-18H2,1-8H3;1-2H3. The van der Waals surface area contributed by atoms with Gasteiger partial charge in [-0.1, -0.05) is 78.5 Å². The minimum atomic E-state index is -0.588. The molecular formula is C34H59NO4. The average Bonchev–Trinajstić information content (AvgIpc) is 3.21. The highest BCUT2D eigenvalue weighted by Gasteiger charge is 2.62. The highest BCUT2D eigenvalue weighted by molar-refractivity contribution is 5.61. The predicted molar refractivity (Wildman–Crippen MR) is 160 cm³/mol. The van der Waals surface area contributed by atoms with Gasteiger partial charge in [0.25, 0.3) is 0 Å². The van der Waals surface area contributed by atoms with Crippen LogP contribution in [-0.4, -0.2) is 23.9 Å². The summed E-state index contributed by atoms with van der Waals surface area (Å²) in [6.45, 7) is 21.8. The number of hydrogen-bond donors (Lipinski definition) is 0. The first-order valence-corrected chi connectivity index (χ1v) is 16.2. The highest BCUT2D eigenvalue weighted by Crippen LogP contribution is 2.67. The summed E-state index contributed by atoms with van der Waals surface area (Å²) >= 11 is 0. The van der Waals surface area contributed by atoms with Crippen molar-refractivity contribution in [2.45, 2.75) is 151 Å². The Kier molecular flexibility index (Phi) is 10.4. The van der Waals surface area contributed by atoms with Gasteiger partial charge >= 0.3 is 6.16 Å². The van der Waals surface area contributed by atoms with Crippen LogP contribution in [0.3, 0.4) is 0 Å². The van der Waals surface area contributed by atoms with E-state index in [9.17, 15) is 9.70 Å². The lowest BCUT2D eigenvalue weighted by Crippen LogP contribution is -2.55. The van der Waals surface area contributed by atoms with Gasteiger partial charge in [0.1, 0.15) is 11.7 Å². The number of fused-ring (bicyclic) bond motifs is 5. The second kappa shape index (κ2) is 12.6. The molecule has 0 N–H and O–H groups in total. The van der Waals surface area contributed by atoms with E-state index in [1.54, 1.807) is 0 Å². The van der Waals surface area contributed by atoms with Gasteiger partial charge in [0.05, 0.1) is 6.04 Å². The van der Waals surface area contributed by atoms with Crippen molar-refractivity contribution in [3.8, 4) is 0 Å². The average molecular weight is 546 g/mol. The van der Waals surface area contributed by atoms with Crippen molar-refractivity contribution in [3.05, 3.63) is 16.6 Å². The van der Waals surface area contributed by atoms with E-state index >= 15 is 0 Å². The quantitative estimate of drug-likeness (QED) is 0.181. The molecule has 0 aromatic rings. The topological polar surface area (TPSA) is 65.0 Å². The third-order valence-electron chi connectivity index (χ3n) is 11.1. The van der Waals surface area contributed by atoms with Crippen LogP contribution in [0.25, 0.3) is 0 Å². The summed E-state index contributed by atoms with van der Waals surface area (Å²) in [5.74, 6) is 3.58. The lowest BCUT2D eigenvalue weighted by molar-refractivity contribution is -0.110. The minimum absolute atomic E-state index is 0.0714. The van der Waals surface area contributed by atoms with Crippen LogP contribution in [0.1, 0.15) is 133 Å². The SMILES string of the molecule is CC.CC(C)CCCC(C)C1CCC2C3C(OC(=O)OC(C)(C)C)C=C4CC(N=O)CCC4(C)C3CCC12C. The monoisotopic (exact) mass is 545 g/mol. The Bertz CT molecular complexity index is 875. The molecular weight excluding hydrogens is 486 g/mol. The molecule has 3 saturated carbocycles. The zero-order valence-corrected chi connectivity index (χ0v) is 26.8. The molecule has 0 radical (unpaired) electrons. The minimum Gasteiger partial charge on any atom is -0.429 e. The largest absolute Gasteiger partial charge is 0.509 e.